The number of pyridine rings is 1. The zero-order valence-corrected chi connectivity index (χ0v) is 14.8. The highest BCUT2D eigenvalue weighted by atomic mass is 32.2. The number of rotatable bonds is 4. The molecule has 10 heteroatoms. The minimum absolute atomic E-state index is 0.178. The Morgan fingerprint density at radius 2 is 1.78 bits per heavy atom. The van der Waals surface area contributed by atoms with Gasteiger partial charge in [0.1, 0.15) is 0 Å². The molecule has 2 aromatic carbocycles. The van der Waals surface area contributed by atoms with E-state index in [1.54, 1.807) is 10.6 Å². The zero-order valence-electron chi connectivity index (χ0n) is 14.0. The highest BCUT2D eigenvalue weighted by molar-refractivity contribution is 8.00. The number of anilines is 1. The number of aromatic nitrogens is 1. The normalized spacial score (nSPS) is 12.0. The second-order valence-corrected chi connectivity index (χ2v) is 6.86. The van der Waals surface area contributed by atoms with Crippen LogP contribution in [0.2, 0.25) is 0 Å². The maximum atomic E-state index is 8.68. The van der Waals surface area contributed by atoms with Crippen molar-refractivity contribution in [1.82, 2.24) is 4.98 Å². The Morgan fingerprint density at radius 3 is 2.52 bits per heavy atom. The molecule has 0 aliphatic carbocycles. The molecule has 4 rings (SSSR count). The number of nitrogens with two attached hydrogens (primary N) is 1. The van der Waals surface area contributed by atoms with Gasteiger partial charge in [0.05, 0.1) is 24.3 Å². The van der Waals surface area contributed by atoms with E-state index in [9.17, 15) is 0 Å². The summed E-state index contributed by atoms with van der Waals surface area (Å²) >= 11 is 1.38. The van der Waals surface area contributed by atoms with Gasteiger partial charge in [-0.25, -0.2) is 10.3 Å². The molecule has 2 heterocycles. The summed E-state index contributed by atoms with van der Waals surface area (Å²) in [7, 11) is 0. The topological polar surface area (TPSA) is 140 Å². The molecule has 0 amide bonds. The van der Waals surface area contributed by atoms with Gasteiger partial charge < -0.3 is 0 Å². The van der Waals surface area contributed by atoms with Crippen LogP contribution in [0.3, 0.4) is 0 Å². The van der Waals surface area contributed by atoms with E-state index in [0.717, 1.165) is 43.7 Å². The predicted octanol–water partition coefficient (Wildman–Crippen LogP) is 5.22. The second kappa shape index (κ2) is 7.06. The SMILES string of the molecule is [N-]=[N+]=NCc1cc2c(cc1CN=[N+]=[N-])-c1ccc3cccnc3c1N(N)S2. The summed E-state index contributed by atoms with van der Waals surface area (Å²) in [4.78, 5) is 11.1. The summed E-state index contributed by atoms with van der Waals surface area (Å²) in [5.74, 6) is 6.30. The van der Waals surface area contributed by atoms with Gasteiger partial charge in [-0.15, -0.1) is 0 Å². The first-order valence-electron chi connectivity index (χ1n) is 8.01. The number of benzene rings is 2. The summed E-state index contributed by atoms with van der Waals surface area (Å²) in [6.45, 7) is 0.357. The van der Waals surface area contributed by atoms with Crippen molar-refractivity contribution >= 4 is 28.5 Å². The summed E-state index contributed by atoms with van der Waals surface area (Å²) in [6.07, 6.45) is 1.74. The Labute approximate surface area is 158 Å². The Bertz CT molecular complexity index is 1150. The third-order valence-electron chi connectivity index (χ3n) is 4.37. The van der Waals surface area contributed by atoms with Gasteiger partial charge in [-0.1, -0.05) is 28.4 Å². The summed E-state index contributed by atoms with van der Waals surface area (Å²) < 4.78 is 1.61. The van der Waals surface area contributed by atoms with E-state index in [1.807, 2.05) is 36.4 Å². The van der Waals surface area contributed by atoms with Gasteiger partial charge in [0.15, 0.2) is 0 Å². The van der Waals surface area contributed by atoms with E-state index in [4.69, 9.17) is 16.9 Å². The van der Waals surface area contributed by atoms with Crippen LogP contribution in [0.1, 0.15) is 11.1 Å². The number of azide groups is 2. The number of fused-ring (bicyclic) bond motifs is 5. The first-order valence-corrected chi connectivity index (χ1v) is 8.78. The Morgan fingerprint density at radius 1 is 1.04 bits per heavy atom. The number of hydrazine groups is 1. The van der Waals surface area contributed by atoms with Crippen LogP contribution in [0.25, 0.3) is 42.9 Å². The molecule has 2 N–H and O–H groups in total. The highest BCUT2D eigenvalue weighted by Gasteiger charge is 2.25. The van der Waals surface area contributed by atoms with Crippen molar-refractivity contribution in [2.45, 2.75) is 18.0 Å². The molecule has 9 nitrogen and oxygen atoms in total. The fraction of sp³-hybridized carbons (Fsp3) is 0.118. The zero-order chi connectivity index (χ0) is 18.8. The minimum atomic E-state index is 0.178. The molecular formula is C17H13N9S. The molecule has 0 radical (unpaired) electrons. The molecule has 0 unspecified atom stereocenters. The number of hydrogen-bond donors (Lipinski definition) is 1. The van der Waals surface area contributed by atoms with Crippen molar-refractivity contribution in [3.8, 4) is 11.1 Å². The largest absolute Gasteiger partial charge is 0.254 e. The van der Waals surface area contributed by atoms with Crippen LogP contribution in [0.4, 0.5) is 5.69 Å². The smallest absolute Gasteiger partial charge is 0.0990 e. The van der Waals surface area contributed by atoms with Gasteiger partial charge in [-0.3, -0.25) is 4.98 Å². The van der Waals surface area contributed by atoms with E-state index in [1.165, 1.54) is 11.9 Å². The maximum Gasteiger partial charge on any atom is 0.0990 e. The molecule has 0 saturated carbocycles. The molecule has 0 saturated heterocycles. The second-order valence-electron chi connectivity index (χ2n) is 5.85. The van der Waals surface area contributed by atoms with Crippen molar-refractivity contribution in [2.24, 2.45) is 16.1 Å². The maximum absolute atomic E-state index is 8.68. The minimum Gasteiger partial charge on any atom is -0.254 e. The summed E-state index contributed by atoms with van der Waals surface area (Å²) in [5, 5.41) is 8.32. The molecule has 1 aromatic heterocycles. The third kappa shape index (κ3) is 2.99. The van der Waals surface area contributed by atoms with Crippen molar-refractivity contribution < 1.29 is 0 Å². The molecule has 0 fully saturated rings. The molecule has 27 heavy (non-hydrogen) atoms. The third-order valence-corrected chi connectivity index (χ3v) is 5.28. The van der Waals surface area contributed by atoms with Gasteiger partial charge in [-0.2, -0.15) is 0 Å². The molecular weight excluding hydrogens is 362 g/mol. The molecule has 1 aliphatic heterocycles. The summed E-state index contributed by atoms with van der Waals surface area (Å²) in [5.41, 5.74) is 22.5. The average Bonchev–Trinajstić information content (AvgIpc) is 2.70. The molecule has 0 atom stereocenters. The molecule has 0 bridgehead atoms. The van der Waals surface area contributed by atoms with Gasteiger partial charge in [0.2, 0.25) is 0 Å². The monoisotopic (exact) mass is 375 g/mol. The van der Waals surface area contributed by atoms with E-state index >= 15 is 0 Å². The first kappa shape index (κ1) is 17.0. The summed E-state index contributed by atoms with van der Waals surface area (Å²) in [6, 6.07) is 11.8. The Balaban J connectivity index is 1.95. The standard InChI is InChI=1S/C17H13N9S/c18-24-22-8-11-6-14-13-4-3-10-2-1-5-21-16(10)17(13)26(20)27-15(14)7-12(11)9-23-25-19/h1-7H,8-9,20H2. The van der Waals surface area contributed by atoms with Crippen LogP contribution in [0.5, 0.6) is 0 Å². The number of nitrogens with zero attached hydrogens (tertiary/aromatic N) is 8. The average molecular weight is 375 g/mol. The van der Waals surface area contributed by atoms with E-state index < -0.39 is 0 Å². The van der Waals surface area contributed by atoms with E-state index in [-0.39, 0.29) is 13.1 Å². The van der Waals surface area contributed by atoms with Crippen LogP contribution >= 0.6 is 11.9 Å². The molecule has 1 aliphatic rings. The van der Waals surface area contributed by atoms with Crippen LogP contribution in [0, 0.1) is 0 Å². The van der Waals surface area contributed by atoms with Crippen molar-refractivity contribution in [3.05, 3.63) is 74.6 Å². The Kier molecular flexibility index (Phi) is 4.45. The van der Waals surface area contributed by atoms with Crippen LogP contribution in [-0.2, 0) is 13.1 Å². The van der Waals surface area contributed by atoms with Crippen molar-refractivity contribution in [3.63, 3.8) is 0 Å². The van der Waals surface area contributed by atoms with Crippen LogP contribution < -0.4 is 10.3 Å². The fourth-order valence-corrected chi connectivity index (χ4v) is 4.13. The molecule has 132 valence electrons. The predicted molar refractivity (Wildman–Crippen MR) is 105 cm³/mol. The van der Waals surface area contributed by atoms with Crippen molar-refractivity contribution in [1.29, 1.82) is 0 Å². The van der Waals surface area contributed by atoms with Gasteiger partial charge in [-0.05, 0) is 46.0 Å². The van der Waals surface area contributed by atoms with Gasteiger partial charge in [0, 0.05) is 43.8 Å². The molecule has 3 aromatic rings. The quantitative estimate of drug-likeness (QED) is 0.219. The Hall–Kier alpha value is -3.42. The van der Waals surface area contributed by atoms with Crippen LogP contribution in [0.15, 0.2) is 57.7 Å². The van der Waals surface area contributed by atoms with Crippen molar-refractivity contribution in [2.75, 3.05) is 4.41 Å². The highest BCUT2D eigenvalue weighted by Crippen LogP contribution is 2.48. The lowest BCUT2D eigenvalue weighted by atomic mass is 9.96. The number of hydrogen-bond acceptors (Lipinski definition) is 6. The van der Waals surface area contributed by atoms with Gasteiger partial charge >= 0.3 is 0 Å². The van der Waals surface area contributed by atoms with Crippen LogP contribution in [-0.4, -0.2) is 4.98 Å². The lowest BCUT2D eigenvalue weighted by molar-refractivity contribution is 0.954. The molecule has 0 spiro atoms. The lowest BCUT2D eigenvalue weighted by Gasteiger charge is -2.29. The first-order chi connectivity index (χ1) is 13.2. The van der Waals surface area contributed by atoms with E-state index in [0.29, 0.717) is 0 Å². The fourth-order valence-electron chi connectivity index (χ4n) is 3.18. The van der Waals surface area contributed by atoms with E-state index in [2.05, 4.69) is 25.0 Å². The van der Waals surface area contributed by atoms with Gasteiger partial charge in [0.25, 0.3) is 0 Å². The lowest BCUT2D eigenvalue weighted by Crippen LogP contribution is -2.26.